The van der Waals surface area contributed by atoms with Gasteiger partial charge in [0.15, 0.2) is 0 Å². The number of halogens is 1. The summed E-state index contributed by atoms with van der Waals surface area (Å²) in [6.07, 6.45) is 7.27. The maximum absolute atomic E-state index is 3.65. The maximum Gasteiger partial charge on any atom is 0.0407 e. The molecule has 0 N–H and O–H groups in total. The highest BCUT2D eigenvalue weighted by Crippen LogP contribution is 2.38. The van der Waals surface area contributed by atoms with E-state index >= 15 is 0 Å². The predicted molar refractivity (Wildman–Crippen MR) is 86.1 cm³/mol. The molecule has 1 aromatic carbocycles. The lowest BCUT2D eigenvalue weighted by molar-refractivity contribution is 0.202. The molecule has 1 nitrogen and oxygen atoms in total. The van der Waals surface area contributed by atoms with Crippen molar-refractivity contribution >= 4 is 21.6 Å². The Balaban J connectivity index is 1.79. The summed E-state index contributed by atoms with van der Waals surface area (Å²) in [4.78, 5) is 2.64. The molecule has 0 bridgehead atoms. The number of piperidine rings is 1. The third-order valence-corrected chi connectivity index (χ3v) is 5.61. The van der Waals surface area contributed by atoms with Crippen LogP contribution in [0.1, 0.15) is 43.2 Å². The average molecular weight is 322 g/mol. The molecule has 0 amide bonds. The van der Waals surface area contributed by atoms with E-state index in [1.54, 1.807) is 0 Å². The number of benzene rings is 1. The van der Waals surface area contributed by atoms with Crippen molar-refractivity contribution in [1.82, 2.24) is 0 Å². The van der Waals surface area contributed by atoms with Crippen LogP contribution < -0.4 is 4.90 Å². The number of hydrogen-bond donors (Lipinski definition) is 0. The van der Waals surface area contributed by atoms with Crippen molar-refractivity contribution in [2.45, 2.75) is 44.4 Å². The topological polar surface area (TPSA) is 3.24 Å². The first-order valence-corrected chi connectivity index (χ1v) is 8.80. The normalized spacial score (nSPS) is 27.2. The van der Waals surface area contributed by atoms with Gasteiger partial charge in [-0.3, -0.25) is 0 Å². The van der Waals surface area contributed by atoms with E-state index in [1.807, 2.05) is 0 Å². The molecule has 0 radical (unpaired) electrons. The van der Waals surface area contributed by atoms with Gasteiger partial charge < -0.3 is 4.90 Å². The van der Waals surface area contributed by atoms with Crippen LogP contribution in [0.25, 0.3) is 0 Å². The molecule has 1 saturated carbocycles. The molecule has 2 aliphatic rings. The Morgan fingerprint density at radius 2 is 1.95 bits per heavy atom. The summed E-state index contributed by atoms with van der Waals surface area (Å²) in [5, 5.41) is 0.967. The lowest BCUT2D eigenvalue weighted by atomic mass is 9.75. The SMILES string of the molecule is Cc1ccc(N2CCC3CCCCC3C2)c(CBr)c1. The molecule has 1 saturated heterocycles. The molecule has 1 aliphatic heterocycles. The quantitative estimate of drug-likeness (QED) is 0.700. The van der Waals surface area contributed by atoms with Crippen LogP contribution in [0.5, 0.6) is 0 Å². The highest BCUT2D eigenvalue weighted by atomic mass is 79.9. The number of fused-ring (bicyclic) bond motifs is 1. The molecule has 3 rings (SSSR count). The summed E-state index contributed by atoms with van der Waals surface area (Å²) in [6, 6.07) is 6.92. The van der Waals surface area contributed by atoms with Gasteiger partial charge >= 0.3 is 0 Å². The Morgan fingerprint density at radius 1 is 1.16 bits per heavy atom. The van der Waals surface area contributed by atoms with Crippen LogP contribution in [0.4, 0.5) is 5.69 Å². The summed E-state index contributed by atoms with van der Waals surface area (Å²) in [5.41, 5.74) is 4.28. The molecule has 104 valence electrons. The highest BCUT2D eigenvalue weighted by Gasteiger charge is 2.31. The van der Waals surface area contributed by atoms with Gasteiger partial charge in [-0.1, -0.05) is 52.9 Å². The first kappa shape index (κ1) is 13.5. The van der Waals surface area contributed by atoms with E-state index in [9.17, 15) is 0 Å². The number of alkyl halides is 1. The molecule has 2 unspecified atom stereocenters. The molecular formula is C17H24BrN. The number of anilines is 1. The number of rotatable bonds is 2. The molecule has 0 aromatic heterocycles. The molecule has 19 heavy (non-hydrogen) atoms. The Morgan fingerprint density at radius 3 is 2.74 bits per heavy atom. The smallest absolute Gasteiger partial charge is 0.0407 e. The molecule has 1 aliphatic carbocycles. The van der Waals surface area contributed by atoms with Gasteiger partial charge in [0.1, 0.15) is 0 Å². The van der Waals surface area contributed by atoms with E-state index < -0.39 is 0 Å². The van der Waals surface area contributed by atoms with Gasteiger partial charge in [-0.15, -0.1) is 0 Å². The van der Waals surface area contributed by atoms with Crippen LogP contribution in [-0.2, 0) is 5.33 Å². The molecular weight excluding hydrogens is 298 g/mol. The zero-order valence-electron chi connectivity index (χ0n) is 11.9. The summed E-state index contributed by atoms with van der Waals surface area (Å²) < 4.78 is 0. The standard InChI is InChI=1S/C17H24BrN/c1-13-6-7-17(16(10-13)11-18)19-9-8-14-4-2-3-5-15(14)12-19/h6-7,10,14-15H,2-5,8-9,11-12H2,1H3. The summed E-state index contributed by atoms with van der Waals surface area (Å²) >= 11 is 3.65. The van der Waals surface area contributed by atoms with E-state index in [0.29, 0.717) is 0 Å². The van der Waals surface area contributed by atoms with Crippen LogP contribution in [0.2, 0.25) is 0 Å². The van der Waals surface area contributed by atoms with Crippen LogP contribution in [0, 0.1) is 18.8 Å². The Labute approximate surface area is 125 Å². The Kier molecular flexibility index (Phi) is 4.16. The Bertz CT molecular complexity index is 443. The van der Waals surface area contributed by atoms with Crippen molar-refractivity contribution in [2.24, 2.45) is 11.8 Å². The van der Waals surface area contributed by atoms with Crippen molar-refractivity contribution in [3.63, 3.8) is 0 Å². The fourth-order valence-corrected chi connectivity index (χ4v) is 4.40. The van der Waals surface area contributed by atoms with Gasteiger partial charge in [-0.25, -0.2) is 0 Å². The third kappa shape index (κ3) is 2.84. The van der Waals surface area contributed by atoms with Gasteiger partial charge in [0.25, 0.3) is 0 Å². The van der Waals surface area contributed by atoms with Gasteiger partial charge in [-0.05, 0) is 43.2 Å². The van der Waals surface area contributed by atoms with Gasteiger partial charge in [0, 0.05) is 24.1 Å². The van der Waals surface area contributed by atoms with Crippen molar-refractivity contribution in [2.75, 3.05) is 18.0 Å². The molecule has 2 fully saturated rings. The van der Waals surface area contributed by atoms with Crippen molar-refractivity contribution in [3.8, 4) is 0 Å². The zero-order chi connectivity index (χ0) is 13.2. The summed E-state index contributed by atoms with van der Waals surface area (Å²) in [6.45, 7) is 4.72. The van der Waals surface area contributed by atoms with Gasteiger partial charge in [0.2, 0.25) is 0 Å². The lowest BCUT2D eigenvalue weighted by Crippen LogP contribution is -2.42. The van der Waals surface area contributed by atoms with Gasteiger partial charge in [0.05, 0.1) is 0 Å². The lowest BCUT2D eigenvalue weighted by Gasteiger charge is -2.43. The minimum absolute atomic E-state index is 0.951. The predicted octanol–water partition coefficient (Wildman–Crippen LogP) is 4.91. The van der Waals surface area contributed by atoms with Crippen LogP contribution in [-0.4, -0.2) is 13.1 Å². The van der Waals surface area contributed by atoms with Crippen molar-refractivity contribution < 1.29 is 0 Å². The minimum Gasteiger partial charge on any atom is -0.371 e. The van der Waals surface area contributed by atoms with Crippen LogP contribution >= 0.6 is 15.9 Å². The second-order valence-electron chi connectivity index (χ2n) is 6.31. The highest BCUT2D eigenvalue weighted by molar-refractivity contribution is 9.08. The maximum atomic E-state index is 3.65. The van der Waals surface area contributed by atoms with Crippen LogP contribution in [0.15, 0.2) is 18.2 Å². The minimum atomic E-state index is 0.951. The van der Waals surface area contributed by atoms with Gasteiger partial charge in [-0.2, -0.15) is 0 Å². The van der Waals surface area contributed by atoms with E-state index in [4.69, 9.17) is 0 Å². The molecule has 2 heteroatoms. The van der Waals surface area contributed by atoms with Crippen LogP contribution in [0.3, 0.4) is 0 Å². The number of hydrogen-bond acceptors (Lipinski definition) is 1. The summed E-state index contributed by atoms with van der Waals surface area (Å²) in [7, 11) is 0. The second-order valence-corrected chi connectivity index (χ2v) is 6.87. The number of nitrogens with zero attached hydrogens (tertiary/aromatic N) is 1. The monoisotopic (exact) mass is 321 g/mol. The van der Waals surface area contributed by atoms with E-state index in [2.05, 4.69) is 46.0 Å². The second kappa shape index (κ2) is 5.87. The van der Waals surface area contributed by atoms with E-state index in [-0.39, 0.29) is 0 Å². The average Bonchev–Trinajstić information content (AvgIpc) is 2.46. The molecule has 1 aromatic rings. The fourth-order valence-electron chi connectivity index (χ4n) is 3.95. The summed E-state index contributed by atoms with van der Waals surface area (Å²) in [5.74, 6) is 1.97. The van der Waals surface area contributed by atoms with Crippen molar-refractivity contribution in [1.29, 1.82) is 0 Å². The van der Waals surface area contributed by atoms with E-state index in [1.165, 1.54) is 62.0 Å². The number of aryl methyl sites for hydroxylation is 1. The molecule has 1 heterocycles. The van der Waals surface area contributed by atoms with Crippen molar-refractivity contribution in [3.05, 3.63) is 29.3 Å². The third-order valence-electron chi connectivity index (χ3n) is 5.01. The van der Waals surface area contributed by atoms with E-state index in [0.717, 1.165) is 17.2 Å². The first-order valence-electron chi connectivity index (χ1n) is 7.68. The molecule has 0 spiro atoms. The largest absolute Gasteiger partial charge is 0.371 e. The first-order chi connectivity index (χ1) is 9.28. The zero-order valence-corrected chi connectivity index (χ0v) is 13.5. The molecule has 2 atom stereocenters. The fraction of sp³-hybridized carbons (Fsp3) is 0.647. The Hall–Kier alpha value is -0.500.